The van der Waals surface area contributed by atoms with E-state index in [0.717, 1.165) is 24.3 Å². The molecule has 1 amide bonds. The second-order valence-electron chi connectivity index (χ2n) is 7.11. The van der Waals surface area contributed by atoms with Gasteiger partial charge in [-0.2, -0.15) is 0 Å². The normalized spacial score (nSPS) is 14.5. The lowest BCUT2D eigenvalue weighted by molar-refractivity contribution is 0.0582. The van der Waals surface area contributed by atoms with Gasteiger partial charge in [-0.15, -0.1) is 0 Å². The van der Waals surface area contributed by atoms with E-state index in [2.05, 4.69) is 4.98 Å². The van der Waals surface area contributed by atoms with Gasteiger partial charge in [-0.3, -0.25) is 9.36 Å². The summed E-state index contributed by atoms with van der Waals surface area (Å²) >= 11 is 0. The van der Waals surface area contributed by atoms with Crippen LogP contribution < -0.4 is 9.47 Å². The molecule has 2 aromatic carbocycles. The first kappa shape index (κ1) is 19.9. The van der Waals surface area contributed by atoms with Crippen molar-refractivity contribution in [1.82, 2.24) is 14.5 Å². The van der Waals surface area contributed by atoms with Crippen molar-refractivity contribution < 1.29 is 18.7 Å². The number of benzene rings is 2. The molecule has 0 atom stereocenters. The van der Waals surface area contributed by atoms with Gasteiger partial charge in [0.15, 0.2) is 11.5 Å². The van der Waals surface area contributed by atoms with Crippen molar-refractivity contribution in [3.63, 3.8) is 0 Å². The zero-order valence-corrected chi connectivity index (χ0v) is 16.8. The third kappa shape index (κ3) is 4.30. The van der Waals surface area contributed by atoms with Gasteiger partial charge in [-0.25, -0.2) is 9.37 Å². The number of aromatic nitrogens is 2. The molecule has 1 saturated heterocycles. The molecule has 4 rings (SSSR count). The van der Waals surface area contributed by atoms with E-state index in [9.17, 15) is 9.18 Å². The highest BCUT2D eigenvalue weighted by atomic mass is 19.1. The molecule has 0 spiro atoms. The van der Waals surface area contributed by atoms with Crippen molar-refractivity contribution in [3.8, 4) is 17.2 Å². The lowest BCUT2D eigenvalue weighted by Gasteiger charge is -2.32. The Morgan fingerprint density at radius 1 is 1.10 bits per heavy atom. The fourth-order valence-electron chi connectivity index (χ4n) is 3.60. The highest BCUT2D eigenvalue weighted by Gasteiger charge is 2.27. The summed E-state index contributed by atoms with van der Waals surface area (Å²) in [6.45, 7) is 3.70. The van der Waals surface area contributed by atoms with Crippen molar-refractivity contribution in [2.45, 2.75) is 25.9 Å². The zero-order chi connectivity index (χ0) is 20.9. The molecule has 156 valence electrons. The topological polar surface area (TPSA) is 56.6 Å². The average Bonchev–Trinajstić information content (AvgIpc) is 3.26. The number of likely N-dealkylation sites (tertiary alicyclic amines) is 1. The summed E-state index contributed by atoms with van der Waals surface area (Å²) in [4.78, 5) is 19.0. The number of imidazole rings is 1. The summed E-state index contributed by atoms with van der Waals surface area (Å²) in [5, 5.41) is 0. The Labute approximate surface area is 174 Å². The van der Waals surface area contributed by atoms with Crippen molar-refractivity contribution in [3.05, 3.63) is 72.6 Å². The first-order valence-electron chi connectivity index (χ1n) is 10.1. The molecular weight excluding hydrogens is 385 g/mol. The first-order chi connectivity index (χ1) is 14.7. The summed E-state index contributed by atoms with van der Waals surface area (Å²) in [5.74, 6) is 1.06. The number of amides is 1. The molecule has 1 aliphatic heterocycles. The number of rotatable bonds is 6. The van der Waals surface area contributed by atoms with Gasteiger partial charge in [0, 0.05) is 31.6 Å². The third-order valence-corrected chi connectivity index (χ3v) is 5.13. The Morgan fingerprint density at radius 3 is 2.50 bits per heavy atom. The zero-order valence-electron chi connectivity index (χ0n) is 16.8. The van der Waals surface area contributed by atoms with Crippen LogP contribution in [0.2, 0.25) is 0 Å². The molecule has 0 aliphatic carbocycles. The van der Waals surface area contributed by atoms with Gasteiger partial charge in [0.25, 0.3) is 5.91 Å². The Kier molecular flexibility index (Phi) is 5.97. The van der Waals surface area contributed by atoms with Crippen molar-refractivity contribution in [2.24, 2.45) is 0 Å². The van der Waals surface area contributed by atoms with Crippen LogP contribution in [0.5, 0.6) is 11.5 Å². The number of carbonyl (C=O) groups is 1. The molecule has 0 N–H and O–H groups in total. The Balaban J connectivity index is 1.40. The molecule has 7 heteroatoms. The molecule has 0 bridgehead atoms. The second-order valence-corrected chi connectivity index (χ2v) is 7.11. The largest absolute Gasteiger partial charge is 0.490 e. The highest BCUT2D eigenvalue weighted by molar-refractivity contribution is 5.93. The van der Waals surface area contributed by atoms with Crippen LogP contribution in [0, 0.1) is 5.82 Å². The number of carbonyl (C=O) groups excluding carboxylic acids is 1. The van der Waals surface area contributed by atoms with Gasteiger partial charge in [0.05, 0.1) is 19.1 Å². The average molecular weight is 409 g/mol. The minimum absolute atomic E-state index is 0.0256. The molecular formula is C23H24FN3O3. The van der Waals surface area contributed by atoms with E-state index < -0.39 is 0 Å². The lowest BCUT2D eigenvalue weighted by Crippen LogP contribution is -2.42. The van der Waals surface area contributed by atoms with Gasteiger partial charge in [0.2, 0.25) is 0 Å². The molecule has 6 nitrogen and oxygen atoms in total. The number of halogens is 1. The minimum Gasteiger partial charge on any atom is -0.490 e. The molecule has 0 unspecified atom stereocenters. The number of hydrogen-bond donors (Lipinski definition) is 0. The summed E-state index contributed by atoms with van der Waals surface area (Å²) in [6.07, 6.45) is 4.61. The van der Waals surface area contributed by atoms with Crippen LogP contribution in [0.4, 0.5) is 4.39 Å². The van der Waals surface area contributed by atoms with Gasteiger partial charge in [0.1, 0.15) is 17.6 Å². The molecule has 2 heterocycles. The molecule has 0 saturated carbocycles. The van der Waals surface area contributed by atoms with Crippen LogP contribution in [0.15, 0.2) is 61.1 Å². The minimum atomic E-state index is -0.320. The van der Waals surface area contributed by atoms with Crippen molar-refractivity contribution >= 4 is 5.91 Å². The molecule has 1 fully saturated rings. The third-order valence-electron chi connectivity index (χ3n) is 5.13. The summed E-state index contributed by atoms with van der Waals surface area (Å²) in [5.41, 5.74) is 1.16. The number of para-hydroxylation sites is 2. The summed E-state index contributed by atoms with van der Waals surface area (Å²) < 4.78 is 26.7. The van der Waals surface area contributed by atoms with Crippen molar-refractivity contribution in [1.29, 1.82) is 0 Å². The quantitative estimate of drug-likeness (QED) is 0.615. The van der Waals surface area contributed by atoms with Crippen LogP contribution >= 0.6 is 0 Å². The molecule has 1 aliphatic rings. The van der Waals surface area contributed by atoms with Gasteiger partial charge < -0.3 is 14.4 Å². The maximum Gasteiger partial charge on any atom is 0.272 e. The maximum absolute atomic E-state index is 13.2. The van der Waals surface area contributed by atoms with Crippen LogP contribution in [-0.2, 0) is 0 Å². The Morgan fingerprint density at radius 2 is 1.80 bits per heavy atom. The van der Waals surface area contributed by atoms with E-state index in [1.54, 1.807) is 29.2 Å². The predicted molar refractivity (Wildman–Crippen MR) is 111 cm³/mol. The van der Waals surface area contributed by atoms with Crippen molar-refractivity contribution in [2.75, 3.05) is 19.7 Å². The van der Waals surface area contributed by atoms with Crippen LogP contribution in [-0.4, -0.2) is 46.2 Å². The Bertz CT molecular complexity index is 995. The fourth-order valence-corrected chi connectivity index (χ4v) is 3.60. The standard InChI is InChI=1S/C23H24FN3O3/c1-2-29-21-5-3-4-6-22(21)30-19-11-13-26(14-12-19)23(28)20-15-25-16-27(20)18-9-7-17(24)8-10-18/h3-10,15-16,19H,2,11-14H2,1H3. The van der Waals surface area contributed by atoms with Crippen LogP contribution in [0.25, 0.3) is 5.69 Å². The van der Waals surface area contributed by atoms with E-state index in [-0.39, 0.29) is 17.8 Å². The highest BCUT2D eigenvalue weighted by Crippen LogP contribution is 2.29. The van der Waals surface area contributed by atoms with Gasteiger partial charge >= 0.3 is 0 Å². The predicted octanol–water partition coefficient (Wildman–Crippen LogP) is 4.09. The molecule has 30 heavy (non-hydrogen) atoms. The maximum atomic E-state index is 13.2. The van der Waals surface area contributed by atoms with E-state index in [1.807, 2.05) is 36.1 Å². The summed E-state index contributed by atoms with van der Waals surface area (Å²) in [6, 6.07) is 13.6. The number of nitrogens with zero attached hydrogens (tertiary/aromatic N) is 3. The smallest absolute Gasteiger partial charge is 0.272 e. The van der Waals surface area contributed by atoms with Crippen LogP contribution in [0.3, 0.4) is 0 Å². The Hall–Kier alpha value is -3.35. The van der Waals surface area contributed by atoms with E-state index in [0.29, 0.717) is 31.1 Å². The fraction of sp³-hybridized carbons (Fsp3) is 0.304. The monoisotopic (exact) mass is 409 g/mol. The first-order valence-corrected chi connectivity index (χ1v) is 10.1. The van der Waals surface area contributed by atoms with E-state index in [4.69, 9.17) is 9.47 Å². The second kappa shape index (κ2) is 8.98. The number of piperidine rings is 1. The molecule has 0 radical (unpaired) electrons. The molecule has 1 aromatic heterocycles. The van der Waals surface area contributed by atoms with Gasteiger partial charge in [-0.1, -0.05) is 12.1 Å². The SMILES string of the molecule is CCOc1ccccc1OC1CCN(C(=O)c2cncn2-c2ccc(F)cc2)CC1. The van der Waals surface area contributed by atoms with E-state index in [1.165, 1.54) is 12.1 Å². The van der Waals surface area contributed by atoms with Gasteiger partial charge in [-0.05, 0) is 43.3 Å². The number of hydrogen-bond acceptors (Lipinski definition) is 4. The summed E-state index contributed by atoms with van der Waals surface area (Å²) in [7, 11) is 0. The van der Waals surface area contributed by atoms with Crippen LogP contribution in [0.1, 0.15) is 30.3 Å². The molecule has 3 aromatic rings. The lowest BCUT2D eigenvalue weighted by atomic mass is 10.1. The van der Waals surface area contributed by atoms with E-state index >= 15 is 0 Å². The number of ether oxygens (including phenoxy) is 2.